The molecule has 0 aliphatic carbocycles. The van der Waals surface area contributed by atoms with Crippen LogP contribution >= 0.6 is 23.1 Å². The Kier molecular flexibility index (Phi) is 5.15. The molecule has 1 aliphatic rings. The molecule has 0 radical (unpaired) electrons. The fraction of sp³-hybridized carbons (Fsp3) is 0.375. The minimum Gasteiger partial charge on any atom is -0.334 e. The molecule has 2 aromatic rings. The molecule has 3 rings (SSSR count). The van der Waals surface area contributed by atoms with Gasteiger partial charge in [-0.2, -0.15) is 13.2 Å². The van der Waals surface area contributed by atoms with E-state index in [4.69, 9.17) is 0 Å². The first-order chi connectivity index (χ1) is 11.4. The zero-order valence-corrected chi connectivity index (χ0v) is 14.3. The Bertz CT molecular complexity index is 686. The number of thiophene rings is 1. The molecule has 2 aromatic heterocycles. The van der Waals surface area contributed by atoms with Crippen molar-refractivity contribution >= 4 is 29.0 Å². The molecule has 1 fully saturated rings. The van der Waals surface area contributed by atoms with Crippen LogP contribution in [0.15, 0.2) is 40.9 Å². The molecule has 3 heterocycles. The molecule has 1 atom stereocenters. The predicted octanol–water partition coefficient (Wildman–Crippen LogP) is 4.62. The second kappa shape index (κ2) is 7.14. The Balaban J connectivity index is 1.59. The van der Waals surface area contributed by atoms with Crippen molar-refractivity contribution in [2.75, 3.05) is 12.3 Å². The first-order valence-electron chi connectivity index (χ1n) is 7.44. The average molecular weight is 372 g/mol. The van der Waals surface area contributed by atoms with Crippen LogP contribution in [0, 0.1) is 0 Å². The lowest BCUT2D eigenvalue weighted by Gasteiger charge is -2.23. The lowest BCUT2D eigenvalue weighted by Crippen LogP contribution is -2.31. The zero-order chi connectivity index (χ0) is 17.2. The maximum Gasteiger partial charge on any atom is 0.417 e. The van der Waals surface area contributed by atoms with Crippen LogP contribution in [0.25, 0.3) is 0 Å². The van der Waals surface area contributed by atoms with Crippen LogP contribution in [0.5, 0.6) is 0 Å². The van der Waals surface area contributed by atoms with E-state index >= 15 is 0 Å². The van der Waals surface area contributed by atoms with E-state index in [9.17, 15) is 18.0 Å². The van der Waals surface area contributed by atoms with E-state index in [1.165, 1.54) is 22.7 Å². The Morgan fingerprint density at radius 1 is 1.38 bits per heavy atom. The Hall–Kier alpha value is -1.54. The highest BCUT2D eigenvalue weighted by Gasteiger charge is 2.31. The molecule has 1 amide bonds. The molecular weight excluding hydrogens is 357 g/mol. The molecule has 0 saturated carbocycles. The number of nitrogens with zero attached hydrogens (tertiary/aromatic N) is 2. The Morgan fingerprint density at radius 2 is 2.21 bits per heavy atom. The third kappa shape index (κ3) is 3.92. The maximum atomic E-state index is 12.5. The summed E-state index contributed by atoms with van der Waals surface area (Å²) in [6.07, 6.45) is -1.67. The van der Waals surface area contributed by atoms with Gasteiger partial charge < -0.3 is 4.90 Å². The van der Waals surface area contributed by atoms with Crippen molar-refractivity contribution in [1.29, 1.82) is 0 Å². The van der Waals surface area contributed by atoms with Crippen LogP contribution in [-0.4, -0.2) is 28.1 Å². The molecule has 8 heteroatoms. The number of halogens is 3. The molecule has 1 unspecified atom stereocenters. The van der Waals surface area contributed by atoms with Gasteiger partial charge in [0, 0.05) is 17.6 Å². The maximum absolute atomic E-state index is 12.5. The van der Waals surface area contributed by atoms with Gasteiger partial charge >= 0.3 is 6.18 Å². The second-order valence-electron chi connectivity index (χ2n) is 5.43. The van der Waals surface area contributed by atoms with Gasteiger partial charge in [0.15, 0.2) is 0 Å². The molecule has 0 N–H and O–H groups in total. The van der Waals surface area contributed by atoms with Crippen molar-refractivity contribution in [2.45, 2.75) is 30.1 Å². The van der Waals surface area contributed by atoms with Crippen molar-refractivity contribution in [1.82, 2.24) is 9.88 Å². The van der Waals surface area contributed by atoms with Crippen molar-refractivity contribution < 1.29 is 18.0 Å². The van der Waals surface area contributed by atoms with Gasteiger partial charge in [0.25, 0.3) is 0 Å². The number of aromatic nitrogens is 1. The Morgan fingerprint density at radius 3 is 2.83 bits per heavy atom. The summed E-state index contributed by atoms with van der Waals surface area (Å²) in [5.41, 5.74) is -0.782. The summed E-state index contributed by atoms with van der Waals surface area (Å²) in [5.74, 6) is 0.179. The summed E-state index contributed by atoms with van der Waals surface area (Å²) in [6.45, 7) is 0.725. The van der Waals surface area contributed by atoms with Crippen molar-refractivity contribution in [3.63, 3.8) is 0 Å². The van der Waals surface area contributed by atoms with Crippen LogP contribution in [0.2, 0.25) is 0 Å². The third-order valence-corrected chi connectivity index (χ3v) is 5.75. The van der Waals surface area contributed by atoms with Crippen LogP contribution in [0.1, 0.15) is 29.3 Å². The smallest absolute Gasteiger partial charge is 0.334 e. The van der Waals surface area contributed by atoms with Gasteiger partial charge in [-0.3, -0.25) is 4.79 Å². The number of hydrogen-bond donors (Lipinski definition) is 0. The molecule has 3 nitrogen and oxygen atoms in total. The monoisotopic (exact) mass is 372 g/mol. The number of rotatable bonds is 4. The minimum absolute atomic E-state index is 0.00222. The van der Waals surface area contributed by atoms with E-state index in [0.717, 1.165) is 31.6 Å². The predicted molar refractivity (Wildman–Crippen MR) is 88.0 cm³/mol. The first kappa shape index (κ1) is 17.3. The number of pyridine rings is 1. The van der Waals surface area contributed by atoms with Gasteiger partial charge in [-0.1, -0.05) is 17.8 Å². The molecule has 0 spiro atoms. The molecule has 0 bridgehead atoms. The third-order valence-electron chi connectivity index (χ3n) is 3.85. The number of carbonyl (C=O) groups excluding carboxylic acids is 1. The standard InChI is InChI=1S/C16H15F3N2OS2/c17-16(18,19)11-5-6-14(20-9-11)24-10-15(22)21-7-1-3-12(21)13-4-2-8-23-13/h2,4-6,8-9,12H,1,3,7,10H2. The normalized spacial score (nSPS) is 18.1. The molecule has 1 saturated heterocycles. The first-order valence-corrected chi connectivity index (χ1v) is 9.30. The van der Waals surface area contributed by atoms with Crippen LogP contribution in [0.4, 0.5) is 13.2 Å². The molecule has 0 aromatic carbocycles. The highest BCUT2D eigenvalue weighted by molar-refractivity contribution is 7.99. The van der Waals surface area contributed by atoms with E-state index in [1.807, 2.05) is 22.4 Å². The molecule has 24 heavy (non-hydrogen) atoms. The van der Waals surface area contributed by atoms with Gasteiger partial charge in [-0.25, -0.2) is 4.98 Å². The van der Waals surface area contributed by atoms with Gasteiger partial charge in [0.05, 0.1) is 22.4 Å². The lowest BCUT2D eigenvalue weighted by molar-refractivity contribution is -0.138. The largest absolute Gasteiger partial charge is 0.417 e. The van der Waals surface area contributed by atoms with Gasteiger partial charge in [0.1, 0.15) is 0 Å². The van der Waals surface area contributed by atoms with Crippen LogP contribution in [0.3, 0.4) is 0 Å². The van der Waals surface area contributed by atoms with Crippen molar-refractivity contribution in [2.24, 2.45) is 0 Å². The van der Waals surface area contributed by atoms with Crippen LogP contribution in [-0.2, 0) is 11.0 Å². The summed E-state index contributed by atoms with van der Waals surface area (Å²) in [6, 6.07) is 6.43. The fourth-order valence-corrected chi connectivity index (χ4v) is 4.30. The SMILES string of the molecule is O=C(CSc1ccc(C(F)(F)F)cn1)N1CCCC1c1cccs1. The van der Waals surface area contributed by atoms with Crippen molar-refractivity contribution in [3.8, 4) is 0 Å². The van der Waals surface area contributed by atoms with E-state index in [-0.39, 0.29) is 17.7 Å². The summed E-state index contributed by atoms with van der Waals surface area (Å²) in [4.78, 5) is 19.3. The van der Waals surface area contributed by atoms with Crippen LogP contribution < -0.4 is 0 Å². The lowest BCUT2D eigenvalue weighted by atomic mass is 10.2. The average Bonchev–Trinajstić information content (AvgIpc) is 3.22. The fourth-order valence-electron chi connectivity index (χ4n) is 2.69. The number of likely N-dealkylation sites (tertiary alicyclic amines) is 1. The van der Waals surface area contributed by atoms with Gasteiger partial charge in [0.2, 0.25) is 5.91 Å². The second-order valence-corrected chi connectivity index (χ2v) is 7.41. The molecular formula is C16H15F3N2OS2. The number of alkyl halides is 3. The summed E-state index contributed by atoms with van der Waals surface area (Å²) < 4.78 is 37.5. The highest BCUT2D eigenvalue weighted by atomic mass is 32.2. The zero-order valence-electron chi connectivity index (χ0n) is 12.6. The quantitative estimate of drug-likeness (QED) is 0.735. The van der Waals surface area contributed by atoms with Crippen molar-refractivity contribution in [3.05, 3.63) is 46.3 Å². The van der Waals surface area contributed by atoms with Gasteiger partial charge in [-0.15, -0.1) is 11.3 Å². The minimum atomic E-state index is -4.39. The number of amides is 1. The van der Waals surface area contributed by atoms with E-state index in [0.29, 0.717) is 5.03 Å². The topological polar surface area (TPSA) is 33.2 Å². The highest BCUT2D eigenvalue weighted by Crippen LogP contribution is 2.35. The molecule has 128 valence electrons. The number of carbonyl (C=O) groups is 1. The Labute approximate surface area is 145 Å². The summed E-state index contributed by atoms with van der Waals surface area (Å²) in [5, 5.41) is 2.42. The van der Waals surface area contributed by atoms with E-state index in [1.54, 1.807) is 11.3 Å². The summed E-state index contributed by atoms with van der Waals surface area (Å²) in [7, 11) is 0. The summed E-state index contributed by atoms with van der Waals surface area (Å²) >= 11 is 2.81. The number of hydrogen-bond acceptors (Lipinski definition) is 4. The number of thioether (sulfide) groups is 1. The van der Waals surface area contributed by atoms with Gasteiger partial charge in [-0.05, 0) is 36.4 Å². The van der Waals surface area contributed by atoms with E-state index < -0.39 is 11.7 Å². The molecule has 1 aliphatic heterocycles. The van der Waals surface area contributed by atoms with E-state index in [2.05, 4.69) is 4.98 Å².